The average molecular weight is 456 g/mol. The molecule has 2 fully saturated rings. The number of carbonyl (C=O) groups excluding carboxylic acids is 1. The molecule has 4 atom stereocenters. The Kier molecular flexibility index (Phi) is 6.50. The topological polar surface area (TPSA) is 26.8 Å². The van der Waals surface area contributed by atoms with E-state index in [1.165, 1.54) is 12.1 Å². The maximum atomic E-state index is 14.8. The first-order valence-corrected chi connectivity index (χ1v) is 11.9. The average Bonchev–Trinajstić information content (AvgIpc) is 3.19. The quantitative estimate of drug-likeness (QED) is 0.658. The molecule has 1 amide bonds. The van der Waals surface area contributed by atoms with Crippen LogP contribution in [0.3, 0.4) is 0 Å². The zero-order valence-corrected chi connectivity index (χ0v) is 20.3. The Morgan fingerprint density at radius 3 is 2.12 bits per heavy atom. The molecule has 33 heavy (non-hydrogen) atoms. The number of anilines is 1. The van der Waals surface area contributed by atoms with Gasteiger partial charge in [0.2, 0.25) is 5.91 Å². The molecule has 2 saturated heterocycles. The minimum atomic E-state index is -0.593. The third kappa shape index (κ3) is 4.77. The summed E-state index contributed by atoms with van der Waals surface area (Å²) in [6, 6.07) is 14.4. The summed E-state index contributed by atoms with van der Waals surface area (Å²) in [5, 5.41) is 0. The maximum Gasteiger partial charge on any atom is 0.227 e. The molecular formula is C27H35F2N3O. The Morgan fingerprint density at radius 2 is 1.55 bits per heavy atom. The largest absolute Gasteiger partial charge is 0.363 e. The lowest BCUT2D eigenvalue weighted by atomic mass is 9.87. The van der Waals surface area contributed by atoms with Gasteiger partial charge in [0.15, 0.2) is 0 Å². The molecule has 2 aliphatic rings. The van der Waals surface area contributed by atoms with Crippen molar-refractivity contribution in [3.8, 4) is 0 Å². The molecule has 2 aromatic rings. The number of hydrogen-bond donors (Lipinski definition) is 0. The van der Waals surface area contributed by atoms with Gasteiger partial charge in [-0.25, -0.2) is 8.78 Å². The second-order valence-electron chi connectivity index (χ2n) is 10.6. The Morgan fingerprint density at radius 1 is 0.909 bits per heavy atom. The number of rotatable bonds is 3. The molecule has 2 heterocycles. The number of piperazine rings is 1. The first kappa shape index (κ1) is 23.7. The van der Waals surface area contributed by atoms with Crippen molar-refractivity contribution in [1.82, 2.24) is 9.80 Å². The van der Waals surface area contributed by atoms with Crippen molar-refractivity contribution in [1.29, 1.82) is 0 Å². The highest BCUT2D eigenvalue weighted by molar-refractivity contribution is 5.81. The fourth-order valence-electron chi connectivity index (χ4n) is 5.57. The van der Waals surface area contributed by atoms with Crippen LogP contribution < -0.4 is 4.90 Å². The van der Waals surface area contributed by atoms with E-state index in [-0.39, 0.29) is 35.4 Å². The number of hydrogen-bond acceptors (Lipinski definition) is 3. The summed E-state index contributed by atoms with van der Waals surface area (Å²) in [6.45, 7) is 13.0. The molecule has 0 bridgehead atoms. The van der Waals surface area contributed by atoms with Crippen LogP contribution in [-0.4, -0.2) is 59.5 Å². The summed E-state index contributed by atoms with van der Waals surface area (Å²) in [5.41, 5.74) is 1.46. The van der Waals surface area contributed by atoms with Crippen molar-refractivity contribution in [3.05, 3.63) is 65.7 Å². The van der Waals surface area contributed by atoms with Gasteiger partial charge >= 0.3 is 0 Å². The standard InChI is InChI=1S/C27H35F2N3O/c1-18-14-30(15-19(2)32(18)21-9-7-6-8-10-21)26(33)24-17-31(27(3,4)5)16-23(24)22-12-11-20(28)13-25(22)29/h6-13,18-19,23-24H,14-17H2,1-5H3/t18-,19+,23-,24+/m1/s1. The SMILES string of the molecule is C[C@@H]1CN(C(=O)[C@H]2CN(C(C)(C)C)C[C@@H]2c2ccc(F)cc2F)C[C@H](C)N1c1ccccc1. The molecule has 0 aromatic heterocycles. The summed E-state index contributed by atoms with van der Waals surface area (Å²) in [4.78, 5) is 20.4. The molecule has 2 aromatic carbocycles. The molecule has 0 spiro atoms. The van der Waals surface area contributed by atoms with Crippen molar-refractivity contribution in [3.63, 3.8) is 0 Å². The maximum absolute atomic E-state index is 14.8. The van der Waals surface area contributed by atoms with Crippen LogP contribution in [0.1, 0.15) is 46.1 Å². The lowest BCUT2D eigenvalue weighted by molar-refractivity contribution is -0.137. The van der Waals surface area contributed by atoms with Gasteiger partial charge in [0, 0.05) is 61.5 Å². The van der Waals surface area contributed by atoms with E-state index in [4.69, 9.17) is 0 Å². The molecule has 0 N–H and O–H groups in total. The van der Waals surface area contributed by atoms with E-state index in [0.29, 0.717) is 31.7 Å². The van der Waals surface area contributed by atoms with Gasteiger partial charge in [-0.15, -0.1) is 0 Å². The number of halogens is 2. The molecule has 0 radical (unpaired) electrons. The third-order valence-corrected chi connectivity index (χ3v) is 7.23. The zero-order chi connectivity index (χ0) is 23.9. The summed E-state index contributed by atoms with van der Waals surface area (Å²) >= 11 is 0. The Labute approximate surface area is 196 Å². The summed E-state index contributed by atoms with van der Waals surface area (Å²) < 4.78 is 28.4. The number of carbonyl (C=O) groups is 1. The lowest BCUT2D eigenvalue weighted by Gasteiger charge is -2.46. The number of nitrogens with zero attached hydrogens (tertiary/aromatic N) is 3. The Hall–Kier alpha value is -2.47. The smallest absolute Gasteiger partial charge is 0.227 e. The minimum Gasteiger partial charge on any atom is -0.363 e. The summed E-state index contributed by atoms with van der Waals surface area (Å²) in [7, 11) is 0. The van der Waals surface area contributed by atoms with E-state index in [0.717, 1.165) is 11.8 Å². The molecule has 0 unspecified atom stereocenters. The highest BCUT2D eigenvalue weighted by Crippen LogP contribution is 2.39. The number of para-hydroxylation sites is 1. The van der Waals surface area contributed by atoms with E-state index < -0.39 is 11.6 Å². The van der Waals surface area contributed by atoms with Crippen LogP contribution in [0, 0.1) is 17.6 Å². The predicted molar refractivity (Wildman–Crippen MR) is 128 cm³/mol. The van der Waals surface area contributed by atoms with Gasteiger partial charge in [-0.05, 0) is 58.4 Å². The molecule has 0 saturated carbocycles. The first-order valence-electron chi connectivity index (χ1n) is 11.9. The second-order valence-corrected chi connectivity index (χ2v) is 10.6. The lowest BCUT2D eigenvalue weighted by Crippen LogP contribution is -2.59. The summed E-state index contributed by atoms with van der Waals surface area (Å²) in [5.74, 6) is -1.74. The van der Waals surface area contributed by atoms with Gasteiger partial charge in [-0.3, -0.25) is 9.69 Å². The van der Waals surface area contributed by atoms with Gasteiger partial charge in [-0.2, -0.15) is 0 Å². The minimum absolute atomic E-state index is 0.0712. The van der Waals surface area contributed by atoms with Gasteiger partial charge in [0.1, 0.15) is 11.6 Å². The van der Waals surface area contributed by atoms with Crippen molar-refractivity contribution >= 4 is 11.6 Å². The number of amides is 1. The van der Waals surface area contributed by atoms with Crippen molar-refractivity contribution in [2.45, 2.75) is 58.2 Å². The second kappa shape index (κ2) is 9.05. The van der Waals surface area contributed by atoms with E-state index in [1.807, 2.05) is 23.1 Å². The third-order valence-electron chi connectivity index (χ3n) is 7.23. The van der Waals surface area contributed by atoms with E-state index >= 15 is 0 Å². The zero-order valence-electron chi connectivity index (χ0n) is 20.3. The van der Waals surface area contributed by atoms with Gasteiger partial charge in [0.25, 0.3) is 0 Å². The highest BCUT2D eigenvalue weighted by atomic mass is 19.1. The molecule has 4 nitrogen and oxygen atoms in total. The van der Waals surface area contributed by atoms with Gasteiger partial charge < -0.3 is 9.80 Å². The Balaban J connectivity index is 1.58. The first-order chi connectivity index (χ1) is 15.6. The van der Waals surface area contributed by atoms with Gasteiger partial charge in [0.05, 0.1) is 5.92 Å². The normalized spacial score (nSPS) is 26.6. The van der Waals surface area contributed by atoms with Crippen LogP contribution in [0.4, 0.5) is 14.5 Å². The molecule has 6 heteroatoms. The van der Waals surface area contributed by atoms with E-state index in [9.17, 15) is 13.6 Å². The fourth-order valence-corrected chi connectivity index (χ4v) is 5.57. The van der Waals surface area contributed by atoms with Crippen LogP contribution in [0.15, 0.2) is 48.5 Å². The van der Waals surface area contributed by atoms with Crippen LogP contribution in [-0.2, 0) is 4.79 Å². The van der Waals surface area contributed by atoms with Crippen LogP contribution in [0.25, 0.3) is 0 Å². The van der Waals surface area contributed by atoms with Crippen molar-refractivity contribution in [2.24, 2.45) is 5.92 Å². The molecule has 4 rings (SSSR count). The van der Waals surface area contributed by atoms with Gasteiger partial charge in [-0.1, -0.05) is 24.3 Å². The molecule has 0 aliphatic carbocycles. The number of likely N-dealkylation sites (tertiary alicyclic amines) is 1. The molecule has 2 aliphatic heterocycles. The van der Waals surface area contributed by atoms with Crippen LogP contribution in [0.5, 0.6) is 0 Å². The summed E-state index contributed by atoms with van der Waals surface area (Å²) in [6.07, 6.45) is 0. The monoisotopic (exact) mass is 455 g/mol. The van der Waals surface area contributed by atoms with E-state index in [2.05, 4.69) is 56.6 Å². The molecular weight excluding hydrogens is 420 g/mol. The van der Waals surface area contributed by atoms with Crippen molar-refractivity contribution in [2.75, 3.05) is 31.1 Å². The number of benzene rings is 2. The fraction of sp³-hybridized carbons (Fsp3) is 0.519. The molecule has 178 valence electrons. The van der Waals surface area contributed by atoms with Crippen LogP contribution >= 0.6 is 0 Å². The van der Waals surface area contributed by atoms with Crippen LogP contribution in [0.2, 0.25) is 0 Å². The highest BCUT2D eigenvalue weighted by Gasteiger charge is 2.45. The van der Waals surface area contributed by atoms with Crippen molar-refractivity contribution < 1.29 is 13.6 Å². The Bertz CT molecular complexity index is 979. The van der Waals surface area contributed by atoms with E-state index in [1.54, 1.807) is 0 Å². The predicted octanol–water partition coefficient (Wildman–Crippen LogP) is 4.90.